The number of fused-ring (bicyclic) bond motifs is 1. The Kier molecular flexibility index (Phi) is 5.48. The molecule has 0 atom stereocenters. The highest BCUT2D eigenvalue weighted by Gasteiger charge is 2.23. The van der Waals surface area contributed by atoms with Gasteiger partial charge in [-0.2, -0.15) is 0 Å². The van der Waals surface area contributed by atoms with Gasteiger partial charge in [-0.25, -0.2) is 9.97 Å². The molecular formula is C23H29N5S. The van der Waals surface area contributed by atoms with Crippen LogP contribution in [0.25, 0.3) is 21.3 Å². The molecule has 152 valence electrons. The molecule has 2 aromatic heterocycles. The lowest BCUT2D eigenvalue weighted by atomic mass is 10.0. The van der Waals surface area contributed by atoms with Gasteiger partial charge in [-0.05, 0) is 38.4 Å². The quantitative estimate of drug-likeness (QED) is 0.641. The maximum Gasteiger partial charge on any atom is 0.141 e. The van der Waals surface area contributed by atoms with E-state index in [-0.39, 0.29) is 0 Å². The van der Waals surface area contributed by atoms with Crippen molar-refractivity contribution in [3.8, 4) is 11.1 Å². The lowest BCUT2D eigenvalue weighted by Crippen LogP contribution is -2.48. The average molecular weight is 408 g/mol. The third-order valence-electron chi connectivity index (χ3n) is 6.32. The van der Waals surface area contributed by atoms with Gasteiger partial charge in [-0.15, -0.1) is 11.3 Å². The van der Waals surface area contributed by atoms with E-state index in [1.54, 1.807) is 17.7 Å². The van der Waals surface area contributed by atoms with Gasteiger partial charge in [0.1, 0.15) is 17.0 Å². The van der Waals surface area contributed by atoms with Gasteiger partial charge in [-0.1, -0.05) is 29.8 Å². The van der Waals surface area contributed by atoms with Gasteiger partial charge in [0.25, 0.3) is 0 Å². The van der Waals surface area contributed by atoms with Gasteiger partial charge in [0.15, 0.2) is 0 Å². The summed E-state index contributed by atoms with van der Waals surface area (Å²) in [7, 11) is 0. The van der Waals surface area contributed by atoms with E-state index in [0.717, 1.165) is 36.8 Å². The summed E-state index contributed by atoms with van der Waals surface area (Å²) in [5.74, 6) is 1.10. The number of thiophene rings is 1. The minimum absolute atomic E-state index is 1.04. The van der Waals surface area contributed by atoms with Gasteiger partial charge in [0.05, 0.1) is 5.39 Å². The molecule has 0 spiro atoms. The molecule has 0 N–H and O–H groups in total. The summed E-state index contributed by atoms with van der Waals surface area (Å²) in [5.41, 5.74) is 3.80. The van der Waals surface area contributed by atoms with Crippen LogP contribution in [0.2, 0.25) is 0 Å². The van der Waals surface area contributed by atoms with Crippen molar-refractivity contribution in [2.24, 2.45) is 0 Å². The van der Waals surface area contributed by atoms with Gasteiger partial charge >= 0.3 is 0 Å². The average Bonchev–Trinajstić information content (AvgIpc) is 3.43. The molecule has 4 heterocycles. The van der Waals surface area contributed by atoms with Crippen LogP contribution < -0.4 is 4.90 Å². The van der Waals surface area contributed by atoms with Crippen LogP contribution in [0.1, 0.15) is 18.4 Å². The summed E-state index contributed by atoms with van der Waals surface area (Å²) in [6.07, 6.45) is 4.48. The lowest BCUT2D eigenvalue weighted by Gasteiger charge is -2.36. The Morgan fingerprint density at radius 3 is 2.28 bits per heavy atom. The number of piperazine rings is 1. The predicted molar refractivity (Wildman–Crippen MR) is 122 cm³/mol. The maximum absolute atomic E-state index is 4.74. The van der Waals surface area contributed by atoms with E-state index in [1.807, 2.05) is 0 Å². The van der Waals surface area contributed by atoms with E-state index < -0.39 is 0 Å². The van der Waals surface area contributed by atoms with E-state index in [4.69, 9.17) is 4.98 Å². The van der Waals surface area contributed by atoms with Crippen LogP contribution in [-0.4, -0.2) is 72.1 Å². The monoisotopic (exact) mass is 407 g/mol. The summed E-state index contributed by atoms with van der Waals surface area (Å²) in [4.78, 5) is 18.1. The first-order valence-electron chi connectivity index (χ1n) is 10.8. The molecule has 0 radical (unpaired) electrons. The summed E-state index contributed by atoms with van der Waals surface area (Å²) in [5, 5.41) is 3.45. The fourth-order valence-corrected chi connectivity index (χ4v) is 5.43. The molecule has 6 heteroatoms. The van der Waals surface area contributed by atoms with Crippen LogP contribution in [0.5, 0.6) is 0 Å². The number of nitrogens with zero attached hydrogens (tertiary/aromatic N) is 5. The fourth-order valence-electron chi connectivity index (χ4n) is 4.52. The Hall–Kier alpha value is -2.02. The first-order valence-corrected chi connectivity index (χ1v) is 11.6. The van der Waals surface area contributed by atoms with Gasteiger partial charge < -0.3 is 9.80 Å². The van der Waals surface area contributed by atoms with Crippen LogP contribution in [0.4, 0.5) is 5.82 Å². The zero-order valence-corrected chi connectivity index (χ0v) is 18.0. The second kappa shape index (κ2) is 8.38. The topological polar surface area (TPSA) is 35.5 Å². The number of benzene rings is 1. The number of hydrogen-bond donors (Lipinski definition) is 0. The summed E-state index contributed by atoms with van der Waals surface area (Å²) < 4.78 is 0. The standard InChI is InChI=1S/C23H29N5S/c1-18-4-6-19(7-5-18)20-16-29-23-21(20)22(24-17-25-23)28-14-12-27(13-15-28)11-10-26-8-2-3-9-26/h4-7,16-17H,2-3,8-15H2,1H3. The molecule has 5 rings (SSSR count). The van der Waals surface area contributed by atoms with Crippen molar-refractivity contribution in [3.63, 3.8) is 0 Å². The second-order valence-electron chi connectivity index (χ2n) is 8.27. The number of rotatable bonds is 5. The molecule has 1 aromatic carbocycles. The molecule has 0 aliphatic carbocycles. The molecule has 0 saturated carbocycles. The Labute approximate surface area is 177 Å². The first kappa shape index (κ1) is 19.0. The molecule has 2 fully saturated rings. The largest absolute Gasteiger partial charge is 0.353 e. The second-order valence-corrected chi connectivity index (χ2v) is 9.13. The lowest BCUT2D eigenvalue weighted by molar-refractivity contribution is 0.215. The SMILES string of the molecule is Cc1ccc(-c2csc3ncnc(N4CCN(CCN5CCCC5)CC4)c23)cc1. The summed E-state index contributed by atoms with van der Waals surface area (Å²) in [6, 6.07) is 8.79. The Morgan fingerprint density at radius 2 is 1.55 bits per heavy atom. The summed E-state index contributed by atoms with van der Waals surface area (Å²) >= 11 is 1.72. The molecule has 3 aromatic rings. The van der Waals surface area contributed by atoms with Crippen molar-refractivity contribution in [1.82, 2.24) is 19.8 Å². The van der Waals surface area contributed by atoms with Gasteiger partial charge in [0.2, 0.25) is 0 Å². The van der Waals surface area contributed by atoms with Crippen molar-refractivity contribution in [2.45, 2.75) is 19.8 Å². The first-order chi connectivity index (χ1) is 14.3. The molecule has 0 unspecified atom stereocenters. The molecule has 0 amide bonds. The minimum Gasteiger partial charge on any atom is -0.353 e. The van der Waals surface area contributed by atoms with Crippen LogP contribution in [0.15, 0.2) is 36.0 Å². The highest BCUT2D eigenvalue weighted by atomic mass is 32.1. The van der Waals surface area contributed by atoms with Crippen LogP contribution in [-0.2, 0) is 0 Å². The zero-order chi connectivity index (χ0) is 19.6. The van der Waals surface area contributed by atoms with E-state index >= 15 is 0 Å². The summed E-state index contributed by atoms with van der Waals surface area (Å²) in [6.45, 7) is 11.4. The van der Waals surface area contributed by atoms with E-state index in [2.05, 4.69) is 56.3 Å². The Balaban J connectivity index is 1.33. The number of aromatic nitrogens is 2. The fraction of sp³-hybridized carbons (Fsp3) is 0.478. The molecule has 0 bridgehead atoms. The molecule has 2 saturated heterocycles. The van der Waals surface area contributed by atoms with E-state index in [1.165, 1.54) is 61.1 Å². The molecule has 2 aliphatic rings. The number of anilines is 1. The minimum atomic E-state index is 1.04. The van der Waals surface area contributed by atoms with Crippen LogP contribution >= 0.6 is 11.3 Å². The number of aryl methyl sites for hydroxylation is 1. The van der Waals surface area contributed by atoms with E-state index in [9.17, 15) is 0 Å². The third-order valence-corrected chi connectivity index (χ3v) is 7.20. The van der Waals surface area contributed by atoms with E-state index in [0.29, 0.717) is 0 Å². The third kappa shape index (κ3) is 4.02. The highest BCUT2D eigenvalue weighted by molar-refractivity contribution is 7.17. The van der Waals surface area contributed by atoms with Crippen molar-refractivity contribution in [1.29, 1.82) is 0 Å². The smallest absolute Gasteiger partial charge is 0.141 e. The zero-order valence-electron chi connectivity index (χ0n) is 17.2. The predicted octanol–water partition coefficient (Wildman–Crippen LogP) is 3.88. The molecular weight excluding hydrogens is 378 g/mol. The van der Waals surface area contributed by atoms with Crippen molar-refractivity contribution in [3.05, 3.63) is 41.5 Å². The van der Waals surface area contributed by atoms with Crippen LogP contribution in [0.3, 0.4) is 0 Å². The number of likely N-dealkylation sites (tertiary alicyclic amines) is 1. The van der Waals surface area contributed by atoms with Crippen molar-refractivity contribution in [2.75, 3.05) is 57.3 Å². The van der Waals surface area contributed by atoms with Crippen LogP contribution in [0, 0.1) is 6.92 Å². The van der Waals surface area contributed by atoms with Gasteiger partial charge in [-0.3, -0.25) is 4.90 Å². The maximum atomic E-state index is 4.74. The molecule has 5 nitrogen and oxygen atoms in total. The normalized spacial score (nSPS) is 18.7. The molecule has 29 heavy (non-hydrogen) atoms. The highest BCUT2D eigenvalue weighted by Crippen LogP contribution is 2.38. The van der Waals surface area contributed by atoms with Crippen molar-refractivity contribution < 1.29 is 0 Å². The Morgan fingerprint density at radius 1 is 0.862 bits per heavy atom. The Bertz CT molecular complexity index is 953. The van der Waals surface area contributed by atoms with Gasteiger partial charge in [0, 0.05) is 50.2 Å². The molecule has 2 aliphatic heterocycles. The van der Waals surface area contributed by atoms with Crippen molar-refractivity contribution >= 4 is 27.4 Å². The number of hydrogen-bond acceptors (Lipinski definition) is 6.